The summed E-state index contributed by atoms with van der Waals surface area (Å²) in [4.78, 5) is 32.5. The van der Waals surface area contributed by atoms with Crippen molar-refractivity contribution >= 4 is 33.1 Å². The molecule has 2 heterocycles. The third-order valence-electron chi connectivity index (χ3n) is 5.24. The molecule has 0 aliphatic rings. The first kappa shape index (κ1) is 21.8. The molecule has 0 unspecified atom stereocenters. The summed E-state index contributed by atoms with van der Waals surface area (Å²) >= 11 is 1.49. The molecule has 6 nitrogen and oxygen atoms in total. The molecule has 4 aromatic rings. The quantitative estimate of drug-likeness (QED) is 0.447. The highest BCUT2D eigenvalue weighted by Crippen LogP contribution is 2.36. The van der Waals surface area contributed by atoms with E-state index in [0.717, 1.165) is 27.3 Å². The third-order valence-corrected chi connectivity index (χ3v) is 6.24. The zero-order valence-corrected chi connectivity index (χ0v) is 19.4. The van der Waals surface area contributed by atoms with Gasteiger partial charge in [-0.1, -0.05) is 24.3 Å². The van der Waals surface area contributed by atoms with Crippen LogP contribution in [0.3, 0.4) is 0 Å². The van der Waals surface area contributed by atoms with Crippen molar-refractivity contribution in [3.63, 3.8) is 0 Å². The van der Waals surface area contributed by atoms with Gasteiger partial charge in [-0.15, -0.1) is 11.3 Å². The lowest BCUT2D eigenvalue weighted by molar-refractivity contribution is -0.116. The Bertz CT molecular complexity index is 1350. The number of hydrogen-bond donors (Lipinski definition) is 1. The van der Waals surface area contributed by atoms with E-state index in [1.807, 2.05) is 69.3 Å². The first-order valence-electron chi connectivity index (χ1n) is 10.5. The van der Waals surface area contributed by atoms with Crippen molar-refractivity contribution in [1.29, 1.82) is 0 Å². The summed E-state index contributed by atoms with van der Waals surface area (Å²) in [6, 6.07) is 15.3. The van der Waals surface area contributed by atoms with Crippen molar-refractivity contribution < 1.29 is 9.53 Å². The minimum atomic E-state index is -0.267. The summed E-state index contributed by atoms with van der Waals surface area (Å²) in [5.74, 6) is 1.03. The highest BCUT2D eigenvalue weighted by atomic mass is 32.1. The molecule has 4 rings (SSSR count). The molecule has 0 aliphatic carbocycles. The highest BCUT2D eigenvalue weighted by Gasteiger charge is 2.20. The van der Waals surface area contributed by atoms with Crippen molar-refractivity contribution in [2.75, 3.05) is 11.9 Å². The Morgan fingerprint density at radius 3 is 2.56 bits per heavy atom. The fourth-order valence-electron chi connectivity index (χ4n) is 3.78. The fraction of sp³-hybridized carbons (Fsp3) is 0.240. The van der Waals surface area contributed by atoms with Gasteiger partial charge in [-0.2, -0.15) is 0 Å². The van der Waals surface area contributed by atoms with E-state index in [-0.39, 0.29) is 18.0 Å². The van der Waals surface area contributed by atoms with E-state index >= 15 is 0 Å². The molecular formula is C25H25N3O3S. The first-order chi connectivity index (χ1) is 15.4. The normalized spacial score (nSPS) is 11.0. The largest absolute Gasteiger partial charge is 0.494 e. The monoisotopic (exact) mass is 447 g/mol. The van der Waals surface area contributed by atoms with Gasteiger partial charge in [0, 0.05) is 16.1 Å². The Balaban J connectivity index is 1.72. The molecule has 0 radical (unpaired) electrons. The standard InChI is InChI=1S/C25H25N3O3S/c1-5-31-20-11-9-18(10-12-20)22-16(3)32-24-23(22)25(30)28(17(4)26-24)14-21(29)27-19-8-6-7-15(2)13-19/h6-13H,5,14H2,1-4H3,(H,27,29). The fourth-order valence-corrected chi connectivity index (χ4v) is 4.86. The van der Waals surface area contributed by atoms with Gasteiger partial charge < -0.3 is 10.1 Å². The van der Waals surface area contributed by atoms with Crippen LogP contribution in [0.2, 0.25) is 0 Å². The Kier molecular flexibility index (Phi) is 6.10. The van der Waals surface area contributed by atoms with Crippen LogP contribution in [0.1, 0.15) is 23.2 Å². The smallest absolute Gasteiger partial charge is 0.263 e. The molecule has 2 aromatic carbocycles. The van der Waals surface area contributed by atoms with Gasteiger partial charge in [0.25, 0.3) is 5.56 Å². The predicted molar refractivity (Wildman–Crippen MR) is 130 cm³/mol. The van der Waals surface area contributed by atoms with E-state index in [9.17, 15) is 9.59 Å². The molecule has 32 heavy (non-hydrogen) atoms. The topological polar surface area (TPSA) is 73.2 Å². The summed E-state index contributed by atoms with van der Waals surface area (Å²) < 4.78 is 6.98. The molecule has 1 N–H and O–H groups in total. The average molecular weight is 448 g/mol. The number of aryl methyl sites for hydroxylation is 3. The lowest BCUT2D eigenvalue weighted by Crippen LogP contribution is -2.30. The van der Waals surface area contributed by atoms with Crippen molar-refractivity contribution in [2.24, 2.45) is 0 Å². The number of thiophene rings is 1. The number of nitrogens with zero attached hydrogens (tertiary/aromatic N) is 2. The van der Waals surface area contributed by atoms with Crippen LogP contribution in [0.4, 0.5) is 5.69 Å². The second-order valence-corrected chi connectivity index (χ2v) is 8.84. The molecule has 0 aliphatic heterocycles. The minimum Gasteiger partial charge on any atom is -0.494 e. The molecule has 164 valence electrons. The van der Waals surface area contributed by atoms with Gasteiger partial charge in [0.2, 0.25) is 5.91 Å². The number of hydrogen-bond acceptors (Lipinski definition) is 5. The van der Waals surface area contributed by atoms with Gasteiger partial charge in [0.1, 0.15) is 22.9 Å². The summed E-state index contributed by atoms with van der Waals surface area (Å²) in [6.45, 7) is 8.14. The van der Waals surface area contributed by atoms with Crippen molar-refractivity contribution in [3.8, 4) is 16.9 Å². The van der Waals surface area contributed by atoms with Crippen LogP contribution in [0.25, 0.3) is 21.3 Å². The maximum atomic E-state index is 13.5. The first-order valence-corrected chi connectivity index (χ1v) is 11.3. The summed E-state index contributed by atoms with van der Waals surface area (Å²) in [7, 11) is 0. The van der Waals surface area contributed by atoms with Crippen LogP contribution >= 0.6 is 11.3 Å². The molecule has 1 amide bonds. The van der Waals surface area contributed by atoms with E-state index in [1.165, 1.54) is 15.9 Å². The summed E-state index contributed by atoms with van der Waals surface area (Å²) in [5, 5.41) is 3.41. The van der Waals surface area contributed by atoms with Crippen LogP contribution in [-0.4, -0.2) is 22.1 Å². The zero-order valence-electron chi connectivity index (χ0n) is 18.6. The number of amides is 1. The van der Waals surface area contributed by atoms with E-state index in [1.54, 1.807) is 6.92 Å². The van der Waals surface area contributed by atoms with Gasteiger partial charge in [-0.05, 0) is 63.1 Å². The number of aromatic nitrogens is 2. The second kappa shape index (κ2) is 8.96. The number of ether oxygens (including phenoxy) is 1. The van der Waals surface area contributed by atoms with E-state index in [4.69, 9.17) is 4.74 Å². The van der Waals surface area contributed by atoms with E-state index in [2.05, 4.69) is 10.3 Å². The predicted octanol–water partition coefficient (Wildman–Crippen LogP) is 5.09. The zero-order chi connectivity index (χ0) is 22.8. The minimum absolute atomic E-state index is 0.0981. The van der Waals surface area contributed by atoms with Crippen molar-refractivity contribution in [1.82, 2.24) is 9.55 Å². The molecule has 0 bridgehead atoms. The maximum absolute atomic E-state index is 13.5. The van der Waals surface area contributed by atoms with Crippen LogP contribution in [0, 0.1) is 20.8 Å². The van der Waals surface area contributed by atoms with Gasteiger partial charge in [0.05, 0.1) is 12.0 Å². The Morgan fingerprint density at radius 2 is 1.88 bits per heavy atom. The third kappa shape index (κ3) is 4.29. The number of fused-ring (bicyclic) bond motifs is 1. The van der Waals surface area contributed by atoms with Crippen molar-refractivity contribution in [3.05, 3.63) is 75.1 Å². The summed E-state index contributed by atoms with van der Waals surface area (Å²) in [5.41, 5.74) is 3.33. The van der Waals surface area contributed by atoms with Gasteiger partial charge >= 0.3 is 0 Å². The molecular weight excluding hydrogens is 422 g/mol. The molecule has 0 spiro atoms. The Labute approximate surface area is 190 Å². The number of nitrogens with one attached hydrogen (secondary N) is 1. The van der Waals surface area contributed by atoms with Crippen molar-refractivity contribution in [2.45, 2.75) is 34.2 Å². The number of anilines is 1. The van der Waals surface area contributed by atoms with Gasteiger partial charge in [-0.3, -0.25) is 14.2 Å². The molecule has 0 saturated heterocycles. The molecule has 0 fully saturated rings. The number of benzene rings is 2. The van der Waals surface area contributed by atoms with E-state index < -0.39 is 0 Å². The Hall–Kier alpha value is -3.45. The lowest BCUT2D eigenvalue weighted by Gasteiger charge is -2.11. The second-order valence-electron chi connectivity index (χ2n) is 7.64. The van der Waals surface area contributed by atoms with E-state index in [0.29, 0.717) is 28.3 Å². The number of rotatable bonds is 6. The van der Waals surface area contributed by atoms with Crippen LogP contribution in [0.15, 0.2) is 53.3 Å². The highest BCUT2D eigenvalue weighted by molar-refractivity contribution is 7.19. The average Bonchev–Trinajstić information content (AvgIpc) is 3.07. The summed E-state index contributed by atoms with van der Waals surface area (Å²) in [6.07, 6.45) is 0. The molecule has 2 aromatic heterocycles. The number of carbonyl (C=O) groups is 1. The molecule has 0 atom stereocenters. The lowest BCUT2D eigenvalue weighted by atomic mass is 10.0. The Morgan fingerprint density at radius 1 is 1.12 bits per heavy atom. The van der Waals surface area contributed by atoms with Crippen LogP contribution in [-0.2, 0) is 11.3 Å². The van der Waals surface area contributed by atoms with Crippen LogP contribution in [0.5, 0.6) is 5.75 Å². The van der Waals surface area contributed by atoms with Gasteiger partial charge in [0.15, 0.2) is 0 Å². The molecule has 7 heteroatoms. The SMILES string of the molecule is CCOc1ccc(-c2c(C)sc3nc(C)n(CC(=O)Nc4cccc(C)c4)c(=O)c23)cc1. The van der Waals surface area contributed by atoms with Crippen LogP contribution < -0.4 is 15.6 Å². The van der Waals surface area contributed by atoms with Gasteiger partial charge in [-0.25, -0.2) is 4.98 Å². The number of carbonyl (C=O) groups excluding carboxylic acids is 1. The maximum Gasteiger partial charge on any atom is 0.263 e. The molecule has 0 saturated carbocycles.